The van der Waals surface area contributed by atoms with Gasteiger partial charge in [0.15, 0.2) is 0 Å². The van der Waals surface area contributed by atoms with Gasteiger partial charge in [-0.3, -0.25) is 0 Å². The molecule has 0 bridgehead atoms. The Balaban J connectivity index is 0. The van der Waals surface area contributed by atoms with Crippen molar-refractivity contribution in [1.82, 2.24) is 0 Å². The molecule has 0 heterocycles. The fraction of sp³-hybridized carbons (Fsp3) is 1.00. The lowest BCUT2D eigenvalue weighted by Gasteiger charge is -2.04. The van der Waals surface area contributed by atoms with Crippen LogP contribution in [0.25, 0.3) is 0 Å². The molecule has 0 radical (unpaired) electrons. The Labute approximate surface area is 233 Å². The van der Waals surface area contributed by atoms with Crippen molar-refractivity contribution < 1.29 is 10.2 Å². The zero-order valence-electron chi connectivity index (χ0n) is 14.3. The molecule has 22 heteroatoms. The molecule has 0 aliphatic carbocycles. The summed E-state index contributed by atoms with van der Waals surface area (Å²) in [5.74, 6) is 0. The molecule has 0 rings (SSSR count). The topological polar surface area (TPSA) is 40.5 Å². The molecule has 0 saturated carbocycles. The maximum Gasteiger partial charge on any atom is 0.0512 e. The van der Waals surface area contributed by atoms with Crippen LogP contribution in [0.4, 0.5) is 0 Å². The van der Waals surface area contributed by atoms with E-state index in [0.29, 0.717) is 0 Å². The predicted molar refractivity (Wildman–Crippen MR) is 185 cm³/mol. The van der Waals surface area contributed by atoms with Gasteiger partial charge in [0.05, 0.1) is 12.2 Å². The second-order valence-corrected chi connectivity index (χ2v) is 35.7. The van der Waals surface area contributed by atoms with Crippen molar-refractivity contribution in [3.63, 3.8) is 0 Å². The standard InChI is InChI=1S/C7H16O2.S20/c1-6(8)4-3-5-7(2)9;1-3-5-7-9-11-13-15-17-19-20-18-16-14-12-10-8-6-4-2/h6-9H,3-5H2,1-2H3;. The predicted octanol–water partition coefficient (Wildman–Crippen LogP) is 0.870. The van der Waals surface area contributed by atoms with E-state index in [2.05, 4.69) is 0 Å². The van der Waals surface area contributed by atoms with Gasteiger partial charge in [0.25, 0.3) is 0 Å². The van der Waals surface area contributed by atoms with Crippen LogP contribution < -0.4 is 0 Å². The Bertz CT molecular complexity index is 1120. The summed E-state index contributed by atoms with van der Waals surface area (Å²) in [5, 5.41) is 17.6. The quantitative estimate of drug-likeness (QED) is 0.446. The maximum absolute atomic E-state index is 8.78. The highest BCUT2D eigenvalue weighted by atomic mass is 33.5. The summed E-state index contributed by atoms with van der Waals surface area (Å²) in [6.07, 6.45) is 2.07. The minimum atomic E-state index is -0.219. The highest BCUT2D eigenvalue weighted by Gasteiger charge is 1.97. The molecule has 176 valence electrons. The Morgan fingerprint density at radius 2 is 0.690 bits per heavy atom. The molecule has 0 saturated heterocycles. The molecule has 0 aromatic rings. The Morgan fingerprint density at radius 3 is 0.862 bits per heavy atom. The van der Waals surface area contributed by atoms with Gasteiger partial charge in [0.2, 0.25) is 0 Å². The smallest absolute Gasteiger partial charge is 0.0512 e. The first-order valence-corrected chi connectivity index (χ1v) is 32.0. The molecule has 0 spiro atoms. The van der Waals surface area contributed by atoms with Crippen molar-refractivity contribution in [2.45, 2.75) is 45.3 Å². The zero-order valence-corrected chi connectivity index (χ0v) is 30.7. The molecular weight excluding hydrogens is 757 g/mol. The summed E-state index contributed by atoms with van der Waals surface area (Å²) >= 11 is 9.51. The maximum atomic E-state index is 8.78. The highest BCUT2D eigenvalue weighted by molar-refractivity contribution is 8.78. The van der Waals surface area contributed by atoms with Crippen LogP contribution in [-0.4, -0.2) is 22.4 Å². The molecule has 2 atom stereocenters. The lowest BCUT2D eigenvalue weighted by Crippen LogP contribution is -2.03. The number of hydrogen-bond acceptors (Lipinski definition) is 4. The fourth-order valence-corrected chi connectivity index (χ4v) is 44.8. The van der Waals surface area contributed by atoms with E-state index >= 15 is 0 Å². The Morgan fingerprint density at radius 1 is 0.483 bits per heavy atom. The fourth-order valence-electron chi connectivity index (χ4n) is 0.890. The monoisotopic (exact) mass is 772 g/mol. The van der Waals surface area contributed by atoms with Crippen LogP contribution in [0, 0.1) is 0 Å². The normalized spacial score (nSPS) is 10.5. The molecule has 0 fully saturated rings. The van der Waals surface area contributed by atoms with Crippen molar-refractivity contribution in [3.05, 3.63) is 0 Å². The van der Waals surface area contributed by atoms with Gasteiger partial charge < -0.3 is 10.2 Å². The molecular formula is C7H16O2S20. The summed E-state index contributed by atoms with van der Waals surface area (Å²) < 4.78 is 0. The molecule has 2 unspecified atom stereocenters. The molecule has 0 aromatic carbocycles. The minimum absolute atomic E-state index is 0.219. The molecule has 0 aromatic heterocycles. The third-order valence-electron chi connectivity index (χ3n) is 1.72. The summed E-state index contributed by atoms with van der Waals surface area (Å²) in [4.78, 5) is 0. The van der Waals surface area contributed by atoms with Crippen LogP contribution in [0.2, 0.25) is 0 Å². The average molecular weight is 774 g/mol. The van der Waals surface area contributed by atoms with Gasteiger partial charge in [-0.25, -0.2) is 0 Å². The SMILES string of the molecule is CC(O)CCCC(C)O.S=S=S=S=S=S=S=S=S=S=S=S=S=S=S=S=S=S=S=S. The molecule has 0 amide bonds. The molecule has 0 aliphatic heterocycles. The molecule has 2 nitrogen and oxygen atoms in total. The third-order valence-corrected chi connectivity index (χ3v) is 39.5. The second-order valence-electron chi connectivity index (χ2n) is 3.85. The molecule has 2 N–H and O–H groups in total. The van der Waals surface area contributed by atoms with E-state index in [1.54, 1.807) is 156 Å². The van der Waals surface area contributed by atoms with Gasteiger partial charge >= 0.3 is 0 Å². The van der Waals surface area contributed by atoms with E-state index in [1.807, 2.05) is 0 Å². The van der Waals surface area contributed by atoms with Crippen molar-refractivity contribution in [1.29, 1.82) is 0 Å². The van der Waals surface area contributed by atoms with Crippen LogP contribution in [0.1, 0.15) is 33.1 Å². The van der Waals surface area contributed by atoms with E-state index in [4.69, 9.17) is 32.6 Å². The van der Waals surface area contributed by atoms with Gasteiger partial charge in [-0.1, -0.05) is 0 Å². The van der Waals surface area contributed by atoms with Crippen LogP contribution in [0.15, 0.2) is 0 Å². The van der Waals surface area contributed by atoms with Crippen molar-refractivity contribution in [2.75, 3.05) is 0 Å². The van der Waals surface area contributed by atoms with Crippen molar-refractivity contribution in [3.8, 4) is 0 Å². The van der Waals surface area contributed by atoms with Crippen molar-refractivity contribution in [2.24, 2.45) is 0 Å². The van der Waals surface area contributed by atoms with Gasteiger partial charge in [0.1, 0.15) is 0 Å². The second kappa shape index (κ2) is 32.3. The van der Waals surface area contributed by atoms with Crippen molar-refractivity contribution >= 4 is 182 Å². The summed E-state index contributed by atoms with van der Waals surface area (Å²) in [6, 6.07) is 0. The van der Waals surface area contributed by atoms with E-state index in [9.17, 15) is 0 Å². The van der Waals surface area contributed by atoms with Crippen LogP contribution in [0.3, 0.4) is 0 Å². The highest BCUT2D eigenvalue weighted by Crippen LogP contribution is 2.02. The third kappa shape index (κ3) is 39.8. The minimum Gasteiger partial charge on any atom is -0.393 e. The zero-order chi connectivity index (χ0) is 22.0. The van der Waals surface area contributed by atoms with Gasteiger partial charge in [-0.2, -0.15) is 0 Å². The summed E-state index contributed by atoms with van der Waals surface area (Å²) in [6.45, 7) is 3.53. The van der Waals surface area contributed by atoms with E-state index in [0.717, 1.165) is 19.3 Å². The van der Waals surface area contributed by atoms with E-state index in [-0.39, 0.29) is 12.2 Å². The Hall–Kier alpha value is 4.32. The number of rotatable bonds is 4. The van der Waals surface area contributed by atoms with E-state index < -0.39 is 0 Å². The van der Waals surface area contributed by atoms with E-state index in [1.165, 1.54) is 17.8 Å². The largest absolute Gasteiger partial charge is 0.393 e. The number of hydrogen-bond donors (Lipinski definition) is 2. The lowest BCUT2D eigenvalue weighted by molar-refractivity contribution is 0.153. The number of aliphatic hydroxyl groups excluding tert-OH is 2. The van der Waals surface area contributed by atoms with Gasteiger partial charge in [-0.05, 0) is 33.1 Å². The lowest BCUT2D eigenvalue weighted by atomic mass is 10.1. The summed E-state index contributed by atoms with van der Waals surface area (Å²) in [5.41, 5.74) is 0. The Kier molecular flexibility index (Phi) is 39.5. The van der Waals surface area contributed by atoms with Gasteiger partial charge in [-0.15, -0.1) is 0 Å². The molecule has 0 aliphatic rings. The average Bonchev–Trinajstić information content (AvgIpc) is 2.67. The van der Waals surface area contributed by atoms with Crippen LogP contribution in [-0.2, 0) is 182 Å². The first kappa shape index (κ1) is 35.5. The first-order chi connectivity index (χ1) is 14.0. The van der Waals surface area contributed by atoms with Gasteiger partial charge in [0, 0.05) is 182 Å². The molecule has 29 heavy (non-hydrogen) atoms. The summed E-state index contributed by atoms with van der Waals surface area (Å²) in [7, 11) is 30.8. The first-order valence-electron chi connectivity index (χ1n) is 6.65. The van der Waals surface area contributed by atoms with Crippen LogP contribution in [0.5, 0.6) is 0 Å². The van der Waals surface area contributed by atoms with Crippen LogP contribution >= 0.6 is 0 Å². The number of aliphatic hydroxyl groups is 2.